The molecule has 0 aliphatic rings. The van der Waals surface area contributed by atoms with Crippen molar-refractivity contribution in [2.24, 2.45) is 16.8 Å². The van der Waals surface area contributed by atoms with E-state index in [2.05, 4.69) is 23.5 Å². The standard InChI is InChI=1S/C11H24N6/c1-5-6-8(2)17(15-4)11(13)10(7-12)9(3)16-14/h6-7,9-12,14-15H,5,13H2,1-4H3. The van der Waals surface area contributed by atoms with E-state index in [1.165, 1.54) is 6.21 Å². The Morgan fingerprint density at radius 1 is 1.59 bits per heavy atom. The van der Waals surface area contributed by atoms with E-state index in [4.69, 9.17) is 16.7 Å². The topological polar surface area (TPSA) is 101 Å². The van der Waals surface area contributed by atoms with Crippen LogP contribution in [0.15, 0.2) is 16.9 Å². The highest BCUT2D eigenvalue weighted by Gasteiger charge is 2.26. The van der Waals surface area contributed by atoms with Gasteiger partial charge in [0.05, 0.1) is 12.0 Å². The van der Waals surface area contributed by atoms with Crippen LogP contribution in [0.4, 0.5) is 0 Å². The van der Waals surface area contributed by atoms with Gasteiger partial charge in [-0.2, -0.15) is 5.11 Å². The van der Waals surface area contributed by atoms with Gasteiger partial charge in [0.15, 0.2) is 0 Å². The Balaban J connectivity index is 4.94. The number of allylic oxidation sites excluding steroid dienone is 2. The Bertz CT molecular complexity index is 275. The third-order valence-corrected chi connectivity index (χ3v) is 2.77. The monoisotopic (exact) mass is 240 g/mol. The number of nitrogens with zero attached hydrogens (tertiary/aromatic N) is 2. The van der Waals surface area contributed by atoms with Crippen molar-refractivity contribution in [2.45, 2.75) is 39.4 Å². The lowest BCUT2D eigenvalue weighted by atomic mass is 9.99. The fourth-order valence-corrected chi connectivity index (χ4v) is 1.74. The lowest BCUT2D eigenvalue weighted by Crippen LogP contribution is -2.54. The summed E-state index contributed by atoms with van der Waals surface area (Å²) in [6, 6.07) is -0.298. The van der Waals surface area contributed by atoms with Crippen LogP contribution in [0.1, 0.15) is 27.2 Å². The largest absolute Gasteiger partial charge is 0.313 e. The zero-order valence-corrected chi connectivity index (χ0v) is 11.1. The number of hydrazine groups is 1. The maximum absolute atomic E-state index is 7.41. The van der Waals surface area contributed by atoms with Gasteiger partial charge in [0.25, 0.3) is 0 Å². The molecular formula is C11H24N6. The Morgan fingerprint density at radius 3 is 2.53 bits per heavy atom. The lowest BCUT2D eigenvalue weighted by Gasteiger charge is -2.35. The lowest BCUT2D eigenvalue weighted by molar-refractivity contribution is 0.156. The van der Waals surface area contributed by atoms with Crippen molar-refractivity contribution in [3.05, 3.63) is 11.8 Å². The van der Waals surface area contributed by atoms with E-state index in [9.17, 15) is 0 Å². The summed E-state index contributed by atoms with van der Waals surface area (Å²) in [6.07, 6.45) is 3.82. The molecule has 0 aromatic carbocycles. The summed E-state index contributed by atoms with van der Waals surface area (Å²) in [7, 11) is 1.79. The molecule has 0 aliphatic heterocycles. The first-order chi connectivity index (χ1) is 8.03. The summed E-state index contributed by atoms with van der Waals surface area (Å²) in [6.45, 7) is 5.80. The molecule has 0 fully saturated rings. The molecule has 0 radical (unpaired) electrons. The van der Waals surface area contributed by atoms with Crippen LogP contribution in [0.3, 0.4) is 0 Å². The zero-order valence-electron chi connectivity index (χ0n) is 11.1. The first-order valence-electron chi connectivity index (χ1n) is 5.79. The molecule has 0 spiro atoms. The Hall–Kier alpha value is -1.27. The molecule has 0 aromatic heterocycles. The molecule has 0 amide bonds. The van der Waals surface area contributed by atoms with E-state index >= 15 is 0 Å². The average molecular weight is 240 g/mol. The van der Waals surface area contributed by atoms with E-state index in [0.29, 0.717) is 0 Å². The molecule has 0 rings (SSSR count). The predicted octanol–water partition coefficient (Wildman–Crippen LogP) is 1.71. The molecule has 0 saturated heterocycles. The van der Waals surface area contributed by atoms with Crippen LogP contribution in [0.5, 0.6) is 0 Å². The highest BCUT2D eigenvalue weighted by atomic mass is 15.5. The number of rotatable bonds is 8. The van der Waals surface area contributed by atoms with Crippen LogP contribution >= 0.6 is 0 Å². The second-order valence-electron chi connectivity index (χ2n) is 3.95. The van der Waals surface area contributed by atoms with E-state index in [-0.39, 0.29) is 12.0 Å². The molecule has 0 aromatic rings. The minimum atomic E-state index is -0.413. The fraction of sp³-hybridized carbons (Fsp3) is 0.727. The first-order valence-corrected chi connectivity index (χ1v) is 5.79. The van der Waals surface area contributed by atoms with Gasteiger partial charge in [-0.15, -0.1) is 0 Å². The minimum Gasteiger partial charge on any atom is -0.313 e. The van der Waals surface area contributed by atoms with Crippen LogP contribution in [0, 0.1) is 16.9 Å². The third kappa shape index (κ3) is 4.24. The molecule has 5 N–H and O–H groups in total. The SMILES string of the molecule is CCC=C(C)N(NC)C(N)C(C=N)C(C)N=N. The number of hydrogen-bond acceptors (Lipinski definition) is 6. The molecule has 6 nitrogen and oxygen atoms in total. The second kappa shape index (κ2) is 7.92. The number of nitrogens with two attached hydrogens (primary N) is 1. The Labute approximate surface area is 103 Å². The van der Waals surface area contributed by atoms with Crippen molar-refractivity contribution in [1.82, 2.24) is 10.4 Å². The maximum atomic E-state index is 7.41. The van der Waals surface area contributed by atoms with Gasteiger partial charge >= 0.3 is 0 Å². The van der Waals surface area contributed by atoms with Gasteiger partial charge < -0.3 is 11.1 Å². The quantitative estimate of drug-likeness (QED) is 0.225. The first kappa shape index (κ1) is 15.7. The van der Waals surface area contributed by atoms with E-state index < -0.39 is 6.17 Å². The number of hydrogen-bond donors (Lipinski definition) is 4. The van der Waals surface area contributed by atoms with Crippen LogP contribution < -0.4 is 11.2 Å². The van der Waals surface area contributed by atoms with Crippen molar-refractivity contribution in [3.63, 3.8) is 0 Å². The van der Waals surface area contributed by atoms with Gasteiger partial charge in [0.2, 0.25) is 0 Å². The van der Waals surface area contributed by atoms with Crippen LogP contribution in [-0.2, 0) is 0 Å². The molecule has 0 heterocycles. The average Bonchev–Trinajstić information content (AvgIpc) is 2.31. The Morgan fingerprint density at radius 2 is 2.18 bits per heavy atom. The molecule has 17 heavy (non-hydrogen) atoms. The highest BCUT2D eigenvalue weighted by Crippen LogP contribution is 2.15. The molecule has 0 bridgehead atoms. The van der Waals surface area contributed by atoms with Gasteiger partial charge in [-0.25, -0.2) is 11.0 Å². The van der Waals surface area contributed by atoms with Gasteiger partial charge in [0, 0.05) is 19.0 Å². The minimum absolute atomic E-state index is 0.292. The van der Waals surface area contributed by atoms with Gasteiger partial charge in [-0.1, -0.05) is 13.0 Å². The van der Waals surface area contributed by atoms with E-state index in [0.717, 1.165) is 12.1 Å². The molecule has 6 heteroatoms. The van der Waals surface area contributed by atoms with Crippen molar-refractivity contribution in [2.75, 3.05) is 7.05 Å². The molecule has 3 atom stereocenters. The molecular weight excluding hydrogens is 216 g/mol. The molecule has 0 saturated carbocycles. The van der Waals surface area contributed by atoms with Crippen molar-refractivity contribution < 1.29 is 0 Å². The Kier molecular flexibility index (Phi) is 7.32. The smallest absolute Gasteiger partial charge is 0.102 e. The summed E-state index contributed by atoms with van der Waals surface area (Å²) in [5, 5.41) is 12.7. The van der Waals surface area contributed by atoms with Crippen molar-refractivity contribution in [1.29, 1.82) is 10.9 Å². The van der Waals surface area contributed by atoms with Crippen LogP contribution in [0.25, 0.3) is 0 Å². The summed E-state index contributed by atoms with van der Waals surface area (Å²) in [5.74, 6) is -0.292. The molecule has 98 valence electrons. The highest BCUT2D eigenvalue weighted by molar-refractivity contribution is 5.59. The third-order valence-electron chi connectivity index (χ3n) is 2.77. The zero-order chi connectivity index (χ0) is 13.4. The molecule has 3 unspecified atom stereocenters. The summed E-state index contributed by atoms with van der Waals surface area (Å²) < 4.78 is 0. The fourth-order valence-electron chi connectivity index (χ4n) is 1.74. The summed E-state index contributed by atoms with van der Waals surface area (Å²) >= 11 is 0. The number of nitrogens with one attached hydrogen (secondary N) is 3. The van der Waals surface area contributed by atoms with Gasteiger partial charge in [-0.05, 0) is 20.3 Å². The van der Waals surface area contributed by atoms with E-state index in [1.54, 1.807) is 19.0 Å². The maximum Gasteiger partial charge on any atom is 0.102 e. The second-order valence-corrected chi connectivity index (χ2v) is 3.95. The molecule has 0 aliphatic carbocycles. The summed E-state index contributed by atoms with van der Waals surface area (Å²) in [5.41, 5.74) is 17.2. The predicted molar refractivity (Wildman–Crippen MR) is 69.8 cm³/mol. The van der Waals surface area contributed by atoms with Crippen LogP contribution in [-0.4, -0.2) is 30.5 Å². The summed E-state index contributed by atoms with van der Waals surface area (Å²) in [4.78, 5) is 0. The van der Waals surface area contributed by atoms with E-state index in [1.807, 2.05) is 6.92 Å². The normalized spacial score (nSPS) is 17.1. The van der Waals surface area contributed by atoms with Crippen molar-refractivity contribution in [3.8, 4) is 0 Å². The van der Waals surface area contributed by atoms with Crippen LogP contribution in [0.2, 0.25) is 0 Å². The van der Waals surface area contributed by atoms with Gasteiger partial charge in [0.1, 0.15) is 6.17 Å². The van der Waals surface area contributed by atoms with Gasteiger partial charge in [-0.3, -0.25) is 5.01 Å². The van der Waals surface area contributed by atoms with Crippen molar-refractivity contribution >= 4 is 6.21 Å².